The molecule has 0 aromatic heterocycles. The van der Waals surface area contributed by atoms with Gasteiger partial charge in [-0.1, -0.05) is 19.9 Å². The fraction of sp³-hybridized carbons (Fsp3) is 0.667. The molecule has 0 bridgehead atoms. The number of ketones is 1. The summed E-state index contributed by atoms with van der Waals surface area (Å²) in [7, 11) is 0. The second-order valence-electron chi connectivity index (χ2n) is 6.26. The van der Waals surface area contributed by atoms with Gasteiger partial charge in [0, 0.05) is 11.8 Å². The lowest BCUT2D eigenvalue weighted by molar-refractivity contribution is -0.124. The Labute approximate surface area is 108 Å². The van der Waals surface area contributed by atoms with Crippen LogP contribution in [0.1, 0.15) is 46.5 Å². The summed E-state index contributed by atoms with van der Waals surface area (Å²) < 4.78 is 0. The molecule has 100 valence electrons. The molecule has 2 aliphatic carbocycles. The zero-order chi connectivity index (χ0) is 13.6. The molecule has 1 spiro atoms. The van der Waals surface area contributed by atoms with E-state index in [1.807, 2.05) is 6.92 Å². The summed E-state index contributed by atoms with van der Waals surface area (Å²) in [6.45, 7) is 6.22. The number of rotatable bonds is 1. The van der Waals surface area contributed by atoms with Crippen molar-refractivity contribution >= 4 is 5.78 Å². The van der Waals surface area contributed by atoms with E-state index in [0.29, 0.717) is 6.42 Å². The third kappa shape index (κ3) is 1.72. The van der Waals surface area contributed by atoms with Crippen molar-refractivity contribution in [3.8, 4) is 0 Å². The minimum absolute atomic E-state index is 0.0322. The van der Waals surface area contributed by atoms with Gasteiger partial charge in [0.25, 0.3) is 0 Å². The van der Waals surface area contributed by atoms with Crippen molar-refractivity contribution in [1.29, 1.82) is 0 Å². The first kappa shape index (κ1) is 13.3. The maximum absolute atomic E-state index is 11.8. The Bertz CT molecular complexity index is 443. The highest BCUT2D eigenvalue weighted by Crippen LogP contribution is 2.58. The molecule has 0 unspecified atom stereocenters. The van der Waals surface area contributed by atoms with E-state index in [1.54, 1.807) is 0 Å². The molecule has 0 saturated carbocycles. The van der Waals surface area contributed by atoms with Gasteiger partial charge < -0.3 is 10.2 Å². The van der Waals surface area contributed by atoms with Crippen LogP contribution in [-0.4, -0.2) is 22.6 Å². The van der Waals surface area contributed by atoms with Crippen molar-refractivity contribution in [2.24, 2.45) is 10.8 Å². The number of hydrogen-bond donors (Lipinski definition) is 2. The van der Waals surface area contributed by atoms with Crippen molar-refractivity contribution in [3.63, 3.8) is 0 Å². The van der Waals surface area contributed by atoms with Gasteiger partial charge in [0.1, 0.15) is 0 Å². The van der Waals surface area contributed by atoms with E-state index in [-0.39, 0.29) is 29.0 Å². The van der Waals surface area contributed by atoms with Crippen molar-refractivity contribution in [2.75, 3.05) is 6.61 Å². The molecule has 0 aliphatic heterocycles. The van der Waals surface area contributed by atoms with E-state index in [9.17, 15) is 15.0 Å². The molecule has 18 heavy (non-hydrogen) atoms. The molecule has 3 heteroatoms. The van der Waals surface area contributed by atoms with E-state index >= 15 is 0 Å². The van der Waals surface area contributed by atoms with Gasteiger partial charge in [-0.15, -0.1) is 0 Å². The van der Waals surface area contributed by atoms with E-state index in [2.05, 4.69) is 19.9 Å². The Morgan fingerprint density at radius 3 is 2.56 bits per heavy atom. The largest absolute Gasteiger partial charge is 0.504 e. The van der Waals surface area contributed by atoms with Crippen molar-refractivity contribution in [3.05, 3.63) is 23.0 Å². The van der Waals surface area contributed by atoms with Crippen LogP contribution in [0.5, 0.6) is 0 Å². The van der Waals surface area contributed by atoms with Crippen molar-refractivity contribution < 1.29 is 15.0 Å². The molecule has 3 nitrogen and oxygen atoms in total. The second kappa shape index (κ2) is 4.23. The Balaban J connectivity index is 2.47. The summed E-state index contributed by atoms with van der Waals surface area (Å²) in [5.41, 5.74) is 1.62. The lowest BCUT2D eigenvalue weighted by atomic mass is 9.52. The molecule has 0 aromatic carbocycles. The molecule has 0 radical (unpaired) electrons. The van der Waals surface area contributed by atoms with Gasteiger partial charge in [-0.3, -0.25) is 4.79 Å². The maximum atomic E-state index is 11.8. The quantitative estimate of drug-likeness (QED) is 0.703. The van der Waals surface area contributed by atoms with E-state index in [1.165, 1.54) is 0 Å². The van der Waals surface area contributed by atoms with E-state index in [4.69, 9.17) is 0 Å². The molecular formula is C15H22O3. The van der Waals surface area contributed by atoms with E-state index in [0.717, 1.165) is 30.4 Å². The molecule has 1 atom stereocenters. The average Bonchev–Trinajstić information content (AvgIpc) is 2.34. The normalized spacial score (nSPS) is 31.8. The Morgan fingerprint density at radius 2 is 2.06 bits per heavy atom. The third-order valence-electron chi connectivity index (χ3n) is 5.05. The van der Waals surface area contributed by atoms with Gasteiger partial charge in [-0.05, 0) is 42.7 Å². The lowest BCUT2D eigenvalue weighted by Crippen LogP contribution is -2.46. The summed E-state index contributed by atoms with van der Waals surface area (Å²) in [5, 5.41) is 19.2. The minimum Gasteiger partial charge on any atom is -0.504 e. The van der Waals surface area contributed by atoms with Gasteiger partial charge in [0.2, 0.25) is 0 Å². The Kier molecular flexibility index (Phi) is 3.14. The van der Waals surface area contributed by atoms with Gasteiger partial charge in [0.05, 0.1) is 6.61 Å². The number of allylic oxidation sites excluding steroid dienone is 3. The van der Waals surface area contributed by atoms with Crippen LogP contribution in [0.3, 0.4) is 0 Å². The molecular weight excluding hydrogens is 228 g/mol. The van der Waals surface area contributed by atoms with Crippen molar-refractivity contribution in [1.82, 2.24) is 0 Å². The molecule has 0 amide bonds. The smallest absolute Gasteiger partial charge is 0.197 e. The second-order valence-corrected chi connectivity index (χ2v) is 6.26. The van der Waals surface area contributed by atoms with Crippen LogP contribution in [0.15, 0.2) is 23.0 Å². The maximum Gasteiger partial charge on any atom is 0.197 e. The Morgan fingerprint density at radius 1 is 1.39 bits per heavy atom. The molecule has 2 N–H and O–H groups in total. The first-order valence-electron chi connectivity index (χ1n) is 6.56. The fourth-order valence-corrected chi connectivity index (χ4v) is 3.59. The summed E-state index contributed by atoms with van der Waals surface area (Å²) in [6, 6.07) is 0. The number of aliphatic hydroxyl groups excluding tert-OH is 2. The Hall–Kier alpha value is -1.09. The SMILES string of the molecule is CC1=C(O)C(=O)CC(C)(C)[C@]12CC=C(CO)CC2. The third-order valence-corrected chi connectivity index (χ3v) is 5.05. The summed E-state index contributed by atoms with van der Waals surface area (Å²) in [6.07, 6.45) is 5.03. The highest BCUT2D eigenvalue weighted by Gasteiger charge is 2.52. The van der Waals surface area contributed by atoms with Gasteiger partial charge in [0.15, 0.2) is 11.5 Å². The molecule has 0 saturated heterocycles. The van der Waals surface area contributed by atoms with Gasteiger partial charge in [-0.2, -0.15) is 0 Å². The summed E-state index contributed by atoms with van der Waals surface area (Å²) in [4.78, 5) is 11.8. The predicted octanol–water partition coefficient (Wildman–Crippen LogP) is 2.91. The van der Waals surface area contributed by atoms with Crippen LogP contribution in [-0.2, 0) is 4.79 Å². The minimum atomic E-state index is -0.141. The number of carbonyl (C=O) groups is 1. The monoisotopic (exact) mass is 250 g/mol. The van der Waals surface area contributed by atoms with Gasteiger partial charge >= 0.3 is 0 Å². The number of carbonyl (C=O) groups excluding carboxylic acids is 1. The van der Waals surface area contributed by atoms with Crippen LogP contribution in [0.2, 0.25) is 0 Å². The van der Waals surface area contributed by atoms with E-state index < -0.39 is 0 Å². The standard InChI is InChI=1S/C15H22O3/c1-10-13(18)12(17)8-14(2,3)15(10)6-4-11(9-16)5-7-15/h4,16,18H,5-9H2,1-3H3/t15-/m0/s1. The fourth-order valence-electron chi connectivity index (χ4n) is 3.59. The molecule has 2 rings (SSSR count). The average molecular weight is 250 g/mol. The number of Topliss-reactive ketones (excluding diaryl/α,β-unsaturated/α-hetero) is 1. The zero-order valence-electron chi connectivity index (χ0n) is 11.4. The van der Waals surface area contributed by atoms with Crippen LogP contribution >= 0.6 is 0 Å². The molecule has 0 aromatic rings. The van der Waals surface area contributed by atoms with Crippen molar-refractivity contribution in [2.45, 2.75) is 46.5 Å². The van der Waals surface area contributed by atoms with Crippen LogP contribution in [0.25, 0.3) is 0 Å². The summed E-state index contributed by atoms with van der Waals surface area (Å²) >= 11 is 0. The first-order chi connectivity index (χ1) is 8.34. The first-order valence-corrected chi connectivity index (χ1v) is 6.56. The highest BCUT2D eigenvalue weighted by atomic mass is 16.3. The summed E-state index contributed by atoms with van der Waals surface area (Å²) in [5.74, 6) is -0.171. The molecule has 0 fully saturated rings. The number of hydrogen-bond acceptors (Lipinski definition) is 3. The molecule has 2 aliphatic rings. The van der Waals surface area contributed by atoms with Gasteiger partial charge in [-0.25, -0.2) is 0 Å². The topological polar surface area (TPSA) is 57.5 Å². The van der Waals surface area contributed by atoms with Crippen LogP contribution < -0.4 is 0 Å². The zero-order valence-corrected chi connectivity index (χ0v) is 11.4. The highest BCUT2D eigenvalue weighted by molar-refractivity contribution is 5.95. The number of aliphatic hydroxyl groups is 2. The lowest BCUT2D eigenvalue weighted by Gasteiger charge is -2.51. The molecule has 0 heterocycles. The van der Waals surface area contributed by atoms with Crippen LogP contribution in [0, 0.1) is 10.8 Å². The predicted molar refractivity (Wildman–Crippen MR) is 70.2 cm³/mol. The van der Waals surface area contributed by atoms with Crippen LogP contribution in [0.4, 0.5) is 0 Å².